The van der Waals surface area contributed by atoms with Crippen LogP contribution in [0.4, 0.5) is 0 Å². The lowest BCUT2D eigenvalue weighted by Crippen LogP contribution is -2.03. The summed E-state index contributed by atoms with van der Waals surface area (Å²) in [5.41, 5.74) is 8.24. The first-order valence-corrected chi connectivity index (χ1v) is 5.51. The number of halogens is 1. The zero-order valence-electron chi connectivity index (χ0n) is 8.89. The van der Waals surface area contributed by atoms with Crippen molar-refractivity contribution in [2.75, 3.05) is 6.54 Å². The Bertz CT molecular complexity index is 294. The number of benzene rings is 1. The Morgan fingerprint density at radius 2 is 2.07 bits per heavy atom. The van der Waals surface area contributed by atoms with Crippen LogP contribution in [0.5, 0.6) is 0 Å². The average molecular weight is 212 g/mol. The number of aryl methyl sites for hydroxylation is 1. The highest BCUT2D eigenvalue weighted by atomic mass is 35.5. The van der Waals surface area contributed by atoms with E-state index in [9.17, 15) is 0 Å². The average Bonchev–Trinajstić information content (AvgIpc) is 2.14. The third-order valence-corrected chi connectivity index (χ3v) is 2.61. The van der Waals surface area contributed by atoms with Gasteiger partial charge in [-0.25, -0.2) is 0 Å². The molecule has 0 radical (unpaired) electrons. The third-order valence-electron chi connectivity index (χ3n) is 2.38. The van der Waals surface area contributed by atoms with Crippen LogP contribution in [0, 0.1) is 0 Å². The van der Waals surface area contributed by atoms with E-state index in [0.29, 0.717) is 5.92 Å². The summed E-state index contributed by atoms with van der Waals surface area (Å²) in [4.78, 5) is 0. The molecule has 0 amide bonds. The maximum Gasteiger partial charge on any atom is 0.0408 e. The van der Waals surface area contributed by atoms with Crippen LogP contribution < -0.4 is 5.73 Å². The van der Waals surface area contributed by atoms with Crippen molar-refractivity contribution in [3.8, 4) is 0 Å². The summed E-state index contributed by atoms with van der Waals surface area (Å²) in [6.45, 7) is 5.15. The standard InChI is InChI=1S/C12H18ClN/c1-9(2)12-6-5-11(13)8-10(12)4-3-7-14/h5-6,8-9H,3-4,7,14H2,1-2H3. The van der Waals surface area contributed by atoms with E-state index in [4.69, 9.17) is 17.3 Å². The molecule has 1 aromatic rings. The van der Waals surface area contributed by atoms with Gasteiger partial charge in [0.1, 0.15) is 0 Å². The molecule has 0 aliphatic heterocycles. The van der Waals surface area contributed by atoms with Gasteiger partial charge in [-0.1, -0.05) is 31.5 Å². The lowest BCUT2D eigenvalue weighted by Gasteiger charge is -2.12. The number of hydrogen-bond donors (Lipinski definition) is 1. The van der Waals surface area contributed by atoms with Crippen LogP contribution in [0.2, 0.25) is 5.02 Å². The second-order valence-electron chi connectivity index (χ2n) is 3.89. The molecule has 0 saturated carbocycles. The summed E-state index contributed by atoms with van der Waals surface area (Å²) in [5, 5.41) is 0.821. The van der Waals surface area contributed by atoms with E-state index in [2.05, 4.69) is 26.0 Å². The summed E-state index contributed by atoms with van der Waals surface area (Å²) < 4.78 is 0. The monoisotopic (exact) mass is 211 g/mol. The summed E-state index contributed by atoms with van der Waals surface area (Å²) in [6, 6.07) is 6.15. The summed E-state index contributed by atoms with van der Waals surface area (Å²) in [7, 11) is 0. The maximum atomic E-state index is 5.97. The van der Waals surface area contributed by atoms with Gasteiger partial charge < -0.3 is 5.73 Å². The highest BCUT2D eigenvalue weighted by molar-refractivity contribution is 6.30. The van der Waals surface area contributed by atoms with Crippen molar-refractivity contribution in [3.63, 3.8) is 0 Å². The largest absolute Gasteiger partial charge is 0.330 e. The Morgan fingerprint density at radius 1 is 1.36 bits per heavy atom. The van der Waals surface area contributed by atoms with E-state index in [-0.39, 0.29) is 0 Å². The summed E-state index contributed by atoms with van der Waals surface area (Å²) in [6.07, 6.45) is 2.06. The topological polar surface area (TPSA) is 26.0 Å². The van der Waals surface area contributed by atoms with Crippen LogP contribution in [0.1, 0.15) is 37.3 Å². The molecule has 2 heteroatoms. The van der Waals surface area contributed by atoms with Gasteiger partial charge in [-0.3, -0.25) is 0 Å². The second kappa shape index (κ2) is 5.38. The molecule has 0 aromatic heterocycles. The van der Waals surface area contributed by atoms with Crippen LogP contribution in [0.15, 0.2) is 18.2 Å². The van der Waals surface area contributed by atoms with Gasteiger partial charge in [-0.15, -0.1) is 0 Å². The van der Waals surface area contributed by atoms with E-state index >= 15 is 0 Å². The minimum Gasteiger partial charge on any atom is -0.330 e. The van der Waals surface area contributed by atoms with E-state index in [1.807, 2.05) is 6.07 Å². The molecule has 1 nitrogen and oxygen atoms in total. The van der Waals surface area contributed by atoms with Gasteiger partial charge in [0.2, 0.25) is 0 Å². The molecule has 0 saturated heterocycles. The zero-order chi connectivity index (χ0) is 10.6. The Hall–Kier alpha value is -0.530. The van der Waals surface area contributed by atoms with Crippen molar-refractivity contribution >= 4 is 11.6 Å². The summed E-state index contributed by atoms with van der Waals surface area (Å²) >= 11 is 5.97. The van der Waals surface area contributed by atoms with E-state index in [1.54, 1.807) is 0 Å². The molecule has 0 bridgehead atoms. The van der Waals surface area contributed by atoms with Crippen molar-refractivity contribution in [2.24, 2.45) is 5.73 Å². The third kappa shape index (κ3) is 3.00. The lowest BCUT2D eigenvalue weighted by molar-refractivity contribution is 0.791. The van der Waals surface area contributed by atoms with Gasteiger partial charge in [0, 0.05) is 5.02 Å². The molecule has 0 heterocycles. The highest BCUT2D eigenvalue weighted by Crippen LogP contribution is 2.23. The van der Waals surface area contributed by atoms with Gasteiger partial charge in [-0.2, -0.15) is 0 Å². The van der Waals surface area contributed by atoms with Crippen molar-refractivity contribution in [1.82, 2.24) is 0 Å². The molecule has 0 aliphatic rings. The number of rotatable bonds is 4. The van der Waals surface area contributed by atoms with Crippen molar-refractivity contribution in [3.05, 3.63) is 34.3 Å². The molecule has 1 aromatic carbocycles. The Kier molecular flexibility index (Phi) is 4.43. The lowest BCUT2D eigenvalue weighted by atomic mass is 9.94. The van der Waals surface area contributed by atoms with E-state index in [0.717, 1.165) is 24.4 Å². The fourth-order valence-corrected chi connectivity index (χ4v) is 1.84. The minimum absolute atomic E-state index is 0.556. The summed E-state index contributed by atoms with van der Waals surface area (Å²) in [5.74, 6) is 0.556. The van der Waals surface area contributed by atoms with Gasteiger partial charge >= 0.3 is 0 Å². The van der Waals surface area contributed by atoms with E-state index < -0.39 is 0 Å². The molecule has 0 atom stereocenters. The molecule has 14 heavy (non-hydrogen) atoms. The van der Waals surface area contributed by atoms with E-state index in [1.165, 1.54) is 11.1 Å². The first kappa shape index (κ1) is 11.5. The molecule has 78 valence electrons. The smallest absolute Gasteiger partial charge is 0.0408 e. The van der Waals surface area contributed by atoms with Gasteiger partial charge in [-0.05, 0) is 48.6 Å². The van der Waals surface area contributed by atoms with Gasteiger partial charge in [0.25, 0.3) is 0 Å². The first-order chi connectivity index (χ1) is 6.65. The van der Waals surface area contributed by atoms with Crippen LogP contribution in [0.25, 0.3) is 0 Å². The van der Waals surface area contributed by atoms with Crippen LogP contribution in [-0.4, -0.2) is 6.54 Å². The zero-order valence-corrected chi connectivity index (χ0v) is 9.64. The fourth-order valence-electron chi connectivity index (χ4n) is 1.65. The molecule has 0 spiro atoms. The molecular weight excluding hydrogens is 194 g/mol. The minimum atomic E-state index is 0.556. The molecule has 2 N–H and O–H groups in total. The Labute approximate surface area is 91.3 Å². The SMILES string of the molecule is CC(C)c1ccc(Cl)cc1CCCN. The van der Waals surface area contributed by atoms with Crippen LogP contribution >= 0.6 is 11.6 Å². The molecule has 1 rings (SSSR count). The Morgan fingerprint density at radius 3 is 2.64 bits per heavy atom. The maximum absolute atomic E-state index is 5.97. The number of hydrogen-bond acceptors (Lipinski definition) is 1. The van der Waals surface area contributed by atoms with Crippen molar-refractivity contribution in [1.29, 1.82) is 0 Å². The highest BCUT2D eigenvalue weighted by Gasteiger charge is 2.06. The second-order valence-corrected chi connectivity index (χ2v) is 4.33. The quantitative estimate of drug-likeness (QED) is 0.812. The van der Waals surface area contributed by atoms with Gasteiger partial charge in [0.15, 0.2) is 0 Å². The number of nitrogens with two attached hydrogens (primary N) is 1. The van der Waals surface area contributed by atoms with Crippen LogP contribution in [-0.2, 0) is 6.42 Å². The van der Waals surface area contributed by atoms with Gasteiger partial charge in [0.05, 0.1) is 0 Å². The molecule has 0 fully saturated rings. The predicted molar refractivity (Wildman–Crippen MR) is 62.9 cm³/mol. The normalized spacial score (nSPS) is 10.9. The predicted octanol–water partition coefficient (Wildman–Crippen LogP) is 3.35. The molecule has 0 aliphatic carbocycles. The molecular formula is C12H18ClN. The van der Waals surface area contributed by atoms with Crippen molar-refractivity contribution < 1.29 is 0 Å². The first-order valence-electron chi connectivity index (χ1n) is 5.13. The molecule has 0 unspecified atom stereocenters. The van der Waals surface area contributed by atoms with Crippen molar-refractivity contribution in [2.45, 2.75) is 32.6 Å². The fraction of sp³-hybridized carbons (Fsp3) is 0.500. The van der Waals surface area contributed by atoms with Crippen LogP contribution in [0.3, 0.4) is 0 Å². The Balaban J connectivity index is 2.91.